The van der Waals surface area contributed by atoms with E-state index in [1.54, 1.807) is 7.11 Å². The Labute approximate surface area is 151 Å². The normalized spacial score (nSPS) is 28.1. The summed E-state index contributed by atoms with van der Waals surface area (Å²) in [6, 6.07) is 18.0. The Kier molecular flexibility index (Phi) is 5.24. The number of rotatable bonds is 3. The molecule has 0 radical (unpaired) electrons. The fourth-order valence-corrected chi connectivity index (χ4v) is 3.83. The van der Waals surface area contributed by atoms with E-state index >= 15 is 0 Å². The minimum absolute atomic E-state index is 0.219. The number of hydrogen-bond acceptors (Lipinski definition) is 3. The van der Waals surface area contributed by atoms with Crippen LogP contribution in [0.25, 0.3) is 0 Å². The quantitative estimate of drug-likeness (QED) is 0.803. The van der Waals surface area contributed by atoms with E-state index in [-0.39, 0.29) is 23.9 Å². The first-order valence-corrected chi connectivity index (χ1v) is 9.01. The van der Waals surface area contributed by atoms with Gasteiger partial charge in [0.2, 0.25) is 0 Å². The molecule has 0 bridgehead atoms. The lowest BCUT2D eigenvalue weighted by Gasteiger charge is -2.41. The zero-order chi connectivity index (χ0) is 18.0. The van der Waals surface area contributed by atoms with Gasteiger partial charge in [0, 0.05) is 23.9 Å². The van der Waals surface area contributed by atoms with Gasteiger partial charge in [0.25, 0.3) is 0 Å². The molecule has 132 valence electrons. The Hall–Kier alpha value is -2.13. The van der Waals surface area contributed by atoms with Crippen LogP contribution in [0.1, 0.15) is 48.2 Å². The summed E-state index contributed by atoms with van der Waals surface area (Å²) >= 11 is 0. The van der Waals surface area contributed by atoms with Crippen molar-refractivity contribution in [1.82, 2.24) is 5.32 Å². The maximum absolute atomic E-state index is 5.19. The largest absolute Gasteiger partial charge is 0.399 e. The van der Waals surface area contributed by atoms with E-state index in [1.807, 2.05) is 0 Å². The Morgan fingerprint density at radius 2 is 1.16 bits per heavy atom. The zero-order valence-corrected chi connectivity index (χ0v) is 15.8. The van der Waals surface area contributed by atoms with Crippen molar-refractivity contribution in [3.63, 3.8) is 0 Å². The highest BCUT2D eigenvalue weighted by atomic mass is 16.6. The standard InChI is InChI=1S/C22H28N2O/c1-14-6-10-18(11-7-14)21-16(3)20(24-25-5)17(4)22(23-21)19-12-8-15(2)9-13-19/h6-13,16-17,21-23H,1-5H3/t16-,17+,21-,22+. The molecule has 2 aromatic rings. The monoisotopic (exact) mass is 336 g/mol. The Balaban J connectivity index is 1.99. The van der Waals surface area contributed by atoms with Crippen LogP contribution < -0.4 is 5.32 Å². The maximum Gasteiger partial charge on any atom is 0.106 e. The summed E-state index contributed by atoms with van der Waals surface area (Å²) < 4.78 is 0. The third kappa shape index (κ3) is 3.62. The lowest BCUT2D eigenvalue weighted by molar-refractivity contribution is 0.199. The van der Waals surface area contributed by atoms with Crippen LogP contribution in [-0.4, -0.2) is 12.8 Å². The number of nitrogens with one attached hydrogen (secondary N) is 1. The molecule has 3 heteroatoms. The number of aryl methyl sites for hydroxylation is 2. The van der Waals surface area contributed by atoms with E-state index in [4.69, 9.17) is 4.84 Å². The van der Waals surface area contributed by atoms with Gasteiger partial charge in [-0.05, 0) is 25.0 Å². The Bertz CT molecular complexity index is 674. The molecular formula is C22H28N2O. The van der Waals surface area contributed by atoms with Crippen molar-refractivity contribution in [3.05, 3.63) is 70.8 Å². The lowest BCUT2D eigenvalue weighted by atomic mass is 9.75. The first-order valence-electron chi connectivity index (χ1n) is 9.01. The van der Waals surface area contributed by atoms with Crippen LogP contribution in [0.15, 0.2) is 53.7 Å². The van der Waals surface area contributed by atoms with E-state index in [0.717, 1.165) is 5.71 Å². The van der Waals surface area contributed by atoms with Crippen LogP contribution >= 0.6 is 0 Å². The van der Waals surface area contributed by atoms with Crippen molar-refractivity contribution in [2.75, 3.05) is 7.11 Å². The van der Waals surface area contributed by atoms with E-state index < -0.39 is 0 Å². The molecule has 0 aromatic heterocycles. The second-order valence-electron chi connectivity index (χ2n) is 7.22. The SMILES string of the molecule is CON=C1[C@@H](C)[C@H](c2ccc(C)cc2)N[C@H](c2ccc(C)cc2)[C@H]1C. The van der Waals surface area contributed by atoms with Gasteiger partial charge in [-0.25, -0.2) is 0 Å². The number of oxime groups is 1. The molecule has 25 heavy (non-hydrogen) atoms. The number of hydrogen-bond donors (Lipinski definition) is 1. The van der Waals surface area contributed by atoms with Crippen LogP contribution in [0.2, 0.25) is 0 Å². The highest BCUT2D eigenvalue weighted by Crippen LogP contribution is 2.39. The number of piperidine rings is 1. The van der Waals surface area contributed by atoms with Gasteiger partial charge in [-0.3, -0.25) is 0 Å². The van der Waals surface area contributed by atoms with Crippen LogP contribution in [0.4, 0.5) is 0 Å². The average Bonchev–Trinajstić information content (AvgIpc) is 2.61. The van der Waals surface area contributed by atoms with Gasteiger partial charge >= 0.3 is 0 Å². The second-order valence-corrected chi connectivity index (χ2v) is 7.22. The van der Waals surface area contributed by atoms with Crippen molar-refractivity contribution < 1.29 is 4.84 Å². The van der Waals surface area contributed by atoms with Gasteiger partial charge in [-0.1, -0.05) is 78.7 Å². The smallest absolute Gasteiger partial charge is 0.106 e. The predicted molar refractivity (Wildman–Crippen MR) is 104 cm³/mol. The molecule has 0 unspecified atom stereocenters. The molecule has 1 aliphatic heterocycles. The first-order chi connectivity index (χ1) is 12.0. The van der Waals surface area contributed by atoms with Gasteiger partial charge in [-0.2, -0.15) is 0 Å². The molecule has 3 rings (SSSR count). The summed E-state index contributed by atoms with van der Waals surface area (Å²) in [7, 11) is 1.64. The molecule has 1 N–H and O–H groups in total. The van der Waals surface area contributed by atoms with Gasteiger partial charge in [-0.15, -0.1) is 0 Å². The molecule has 0 amide bonds. The molecular weight excluding hydrogens is 308 g/mol. The van der Waals surface area contributed by atoms with Crippen molar-refractivity contribution in [1.29, 1.82) is 0 Å². The topological polar surface area (TPSA) is 33.6 Å². The molecule has 1 aliphatic rings. The Morgan fingerprint density at radius 3 is 1.52 bits per heavy atom. The van der Waals surface area contributed by atoms with Crippen molar-refractivity contribution in [2.24, 2.45) is 17.0 Å². The molecule has 1 saturated heterocycles. The summed E-state index contributed by atoms with van der Waals surface area (Å²) in [6.07, 6.45) is 0. The van der Waals surface area contributed by atoms with Gasteiger partial charge in [0.15, 0.2) is 0 Å². The predicted octanol–water partition coefficient (Wildman–Crippen LogP) is 4.96. The average molecular weight is 336 g/mol. The maximum atomic E-state index is 5.19. The van der Waals surface area contributed by atoms with E-state index in [1.165, 1.54) is 22.3 Å². The van der Waals surface area contributed by atoms with Crippen molar-refractivity contribution in [3.8, 4) is 0 Å². The van der Waals surface area contributed by atoms with Gasteiger partial charge in [0.05, 0.1) is 5.71 Å². The number of nitrogens with zero attached hydrogens (tertiary/aromatic N) is 1. The van der Waals surface area contributed by atoms with Crippen molar-refractivity contribution in [2.45, 2.75) is 39.8 Å². The minimum atomic E-state index is 0.219. The summed E-state index contributed by atoms with van der Waals surface area (Å²) in [5.74, 6) is 0.554. The minimum Gasteiger partial charge on any atom is -0.399 e. The third-order valence-corrected chi connectivity index (χ3v) is 5.36. The third-order valence-electron chi connectivity index (χ3n) is 5.36. The molecule has 2 aromatic carbocycles. The van der Waals surface area contributed by atoms with Gasteiger partial charge < -0.3 is 10.2 Å². The molecule has 0 saturated carbocycles. The highest BCUT2D eigenvalue weighted by molar-refractivity contribution is 5.90. The molecule has 4 atom stereocenters. The van der Waals surface area contributed by atoms with E-state index in [9.17, 15) is 0 Å². The summed E-state index contributed by atoms with van der Waals surface area (Å²) in [6.45, 7) is 8.71. The van der Waals surface area contributed by atoms with E-state index in [0.29, 0.717) is 0 Å². The number of benzene rings is 2. The Morgan fingerprint density at radius 1 is 0.760 bits per heavy atom. The fourth-order valence-electron chi connectivity index (χ4n) is 3.83. The summed E-state index contributed by atoms with van der Waals surface area (Å²) in [5.41, 5.74) is 6.28. The second kappa shape index (κ2) is 7.40. The summed E-state index contributed by atoms with van der Waals surface area (Å²) in [4.78, 5) is 5.19. The fraction of sp³-hybridized carbons (Fsp3) is 0.409. The summed E-state index contributed by atoms with van der Waals surface area (Å²) in [5, 5.41) is 8.29. The van der Waals surface area contributed by atoms with Crippen LogP contribution in [-0.2, 0) is 4.84 Å². The molecule has 0 aliphatic carbocycles. The van der Waals surface area contributed by atoms with Crippen LogP contribution in [0.3, 0.4) is 0 Å². The van der Waals surface area contributed by atoms with E-state index in [2.05, 4.69) is 86.7 Å². The lowest BCUT2D eigenvalue weighted by Crippen LogP contribution is -2.46. The highest BCUT2D eigenvalue weighted by Gasteiger charge is 2.39. The van der Waals surface area contributed by atoms with Crippen molar-refractivity contribution >= 4 is 5.71 Å². The first kappa shape index (κ1) is 17.7. The molecule has 1 fully saturated rings. The molecule has 0 spiro atoms. The zero-order valence-electron chi connectivity index (χ0n) is 15.8. The molecule has 1 heterocycles. The van der Waals surface area contributed by atoms with Crippen LogP contribution in [0, 0.1) is 25.7 Å². The molecule has 3 nitrogen and oxygen atoms in total. The van der Waals surface area contributed by atoms with Crippen LogP contribution in [0.5, 0.6) is 0 Å². The van der Waals surface area contributed by atoms with Gasteiger partial charge in [0.1, 0.15) is 7.11 Å².